The first kappa shape index (κ1) is 15.2. The van der Waals surface area contributed by atoms with Crippen LogP contribution in [0, 0.1) is 11.6 Å². The standard InChI is InChI=1S/C15H21F2NO2/c1-15(2,3)18-5-4-10(8-18)14-12(17)6-11(16)7-13(14)20-9-19/h6-7,10,19H,4-5,8-9H2,1-3H3/t10-/m0/s1. The van der Waals surface area contributed by atoms with Gasteiger partial charge in [-0.15, -0.1) is 0 Å². The predicted octanol–water partition coefficient (Wildman–Crippen LogP) is 2.88. The maximum atomic E-state index is 14.1. The number of hydrogen-bond donors (Lipinski definition) is 1. The Hall–Kier alpha value is -1.20. The molecule has 2 rings (SSSR count). The molecule has 3 nitrogen and oxygen atoms in total. The second-order valence-corrected chi connectivity index (χ2v) is 6.18. The van der Waals surface area contributed by atoms with Crippen LogP contribution in [0.1, 0.15) is 38.7 Å². The van der Waals surface area contributed by atoms with Gasteiger partial charge in [-0.2, -0.15) is 0 Å². The minimum Gasteiger partial charge on any atom is -0.467 e. The van der Waals surface area contributed by atoms with Gasteiger partial charge in [0.2, 0.25) is 0 Å². The van der Waals surface area contributed by atoms with Crippen LogP contribution in [0.15, 0.2) is 12.1 Å². The van der Waals surface area contributed by atoms with Crippen molar-refractivity contribution in [3.05, 3.63) is 29.3 Å². The monoisotopic (exact) mass is 285 g/mol. The number of ether oxygens (including phenoxy) is 1. The first-order chi connectivity index (χ1) is 9.32. The highest BCUT2D eigenvalue weighted by Crippen LogP contribution is 2.38. The zero-order valence-corrected chi connectivity index (χ0v) is 12.1. The Morgan fingerprint density at radius 2 is 2.05 bits per heavy atom. The Bertz CT molecular complexity index is 485. The van der Waals surface area contributed by atoms with Gasteiger partial charge in [-0.3, -0.25) is 4.90 Å². The molecule has 20 heavy (non-hydrogen) atoms. The highest BCUT2D eigenvalue weighted by Gasteiger charge is 2.34. The Kier molecular flexibility index (Phi) is 4.30. The smallest absolute Gasteiger partial charge is 0.186 e. The molecule has 1 atom stereocenters. The molecule has 0 unspecified atom stereocenters. The van der Waals surface area contributed by atoms with Crippen molar-refractivity contribution in [2.24, 2.45) is 0 Å². The molecule has 1 N–H and O–H groups in total. The van der Waals surface area contributed by atoms with Crippen molar-refractivity contribution >= 4 is 0 Å². The number of nitrogens with zero attached hydrogens (tertiary/aromatic N) is 1. The third kappa shape index (κ3) is 3.10. The average molecular weight is 285 g/mol. The van der Waals surface area contributed by atoms with E-state index in [1.807, 2.05) is 0 Å². The zero-order valence-electron chi connectivity index (χ0n) is 12.1. The molecule has 5 heteroatoms. The summed E-state index contributed by atoms with van der Waals surface area (Å²) in [4.78, 5) is 2.27. The fourth-order valence-corrected chi connectivity index (χ4v) is 2.75. The number of rotatable bonds is 3. The lowest BCUT2D eigenvalue weighted by Gasteiger charge is -2.31. The first-order valence-corrected chi connectivity index (χ1v) is 6.80. The lowest BCUT2D eigenvalue weighted by Crippen LogP contribution is -2.39. The van der Waals surface area contributed by atoms with Gasteiger partial charge in [0.15, 0.2) is 6.79 Å². The molecular formula is C15H21F2NO2. The zero-order chi connectivity index (χ0) is 14.9. The molecule has 0 spiro atoms. The van der Waals surface area contributed by atoms with Crippen molar-refractivity contribution in [2.75, 3.05) is 19.9 Å². The topological polar surface area (TPSA) is 32.7 Å². The van der Waals surface area contributed by atoms with Crippen molar-refractivity contribution in [1.82, 2.24) is 4.90 Å². The lowest BCUT2D eigenvalue weighted by molar-refractivity contribution is 0.0961. The van der Waals surface area contributed by atoms with Gasteiger partial charge >= 0.3 is 0 Å². The summed E-state index contributed by atoms with van der Waals surface area (Å²) in [6, 6.07) is 2.01. The Balaban J connectivity index is 2.29. The van der Waals surface area contributed by atoms with Crippen LogP contribution < -0.4 is 4.74 Å². The summed E-state index contributed by atoms with van der Waals surface area (Å²) in [5.41, 5.74) is 0.385. The summed E-state index contributed by atoms with van der Waals surface area (Å²) in [5.74, 6) is -1.24. The molecule has 1 fully saturated rings. The molecule has 1 aliphatic heterocycles. The van der Waals surface area contributed by atoms with Crippen LogP contribution in [0.25, 0.3) is 0 Å². The van der Waals surface area contributed by atoms with E-state index in [4.69, 9.17) is 9.84 Å². The quantitative estimate of drug-likeness (QED) is 0.867. The normalized spacial score (nSPS) is 20.4. The van der Waals surface area contributed by atoms with Gasteiger partial charge in [0.05, 0.1) is 0 Å². The summed E-state index contributed by atoms with van der Waals surface area (Å²) in [5, 5.41) is 8.87. The summed E-state index contributed by atoms with van der Waals surface area (Å²) in [7, 11) is 0. The van der Waals surface area contributed by atoms with Crippen molar-refractivity contribution in [3.63, 3.8) is 0 Å². The molecule has 1 heterocycles. The van der Waals surface area contributed by atoms with Gasteiger partial charge in [-0.05, 0) is 33.7 Å². The maximum Gasteiger partial charge on any atom is 0.186 e. The Labute approximate surface area is 118 Å². The summed E-state index contributed by atoms with van der Waals surface area (Å²) in [6.07, 6.45) is 0.793. The average Bonchev–Trinajstić information content (AvgIpc) is 2.77. The highest BCUT2D eigenvalue weighted by atomic mass is 19.1. The number of halogens is 2. The van der Waals surface area contributed by atoms with Crippen LogP contribution in [-0.4, -0.2) is 35.4 Å². The number of aliphatic hydroxyl groups excluding tert-OH is 1. The number of hydrogen-bond acceptors (Lipinski definition) is 3. The maximum absolute atomic E-state index is 14.1. The Morgan fingerprint density at radius 1 is 1.35 bits per heavy atom. The van der Waals surface area contributed by atoms with Crippen molar-refractivity contribution in [1.29, 1.82) is 0 Å². The Morgan fingerprint density at radius 3 is 2.60 bits per heavy atom. The third-order valence-corrected chi connectivity index (χ3v) is 3.82. The van der Waals surface area contributed by atoms with Crippen LogP contribution >= 0.6 is 0 Å². The van der Waals surface area contributed by atoms with E-state index in [-0.39, 0.29) is 17.2 Å². The first-order valence-electron chi connectivity index (χ1n) is 6.80. The van der Waals surface area contributed by atoms with Crippen LogP contribution in [0.2, 0.25) is 0 Å². The van der Waals surface area contributed by atoms with E-state index in [0.29, 0.717) is 12.1 Å². The van der Waals surface area contributed by atoms with Gasteiger partial charge in [0.1, 0.15) is 17.4 Å². The van der Waals surface area contributed by atoms with Crippen LogP contribution in [-0.2, 0) is 0 Å². The van der Waals surface area contributed by atoms with E-state index in [9.17, 15) is 8.78 Å². The van der Waals surface area contributed by atoms with Gasteiger partial charge < -0.3 is 9.84 Å². The molecule has 112 valence electrons. The number of aliphatic hydroxyl groups is 1. The van der Waals surface area contributed by atoms with Crippen LogP contribution in [0.5, 0.6) is 5.75 Å². The van der Waals surface area contributed by atoms with Gasteiger partial charge in [0.25, 0.3) is 0 Å². The fraction of sp³-hybridized carbons (Fsp3) is 0.600. The van der Waals surface area contributed by atoms with Gasteiger partial charge in [-0.1, -0.05) is 0 Å². The molecule has 0 radical (unpaired) electrons. The van der Waals surface area contributed by atoms with Gasteiger partial charge in [0, 0.05) is 35.7 Å². The van der Waals surface area contributed by atoms with E-state index < -0.39 is 18.4 Å². The third-order valence-electron chi connectivity index (χ3n) is 3.82. The SMILES string of the molecule is CC(C)(C)N1CC[C@H](c2c(F)cc(F)cc2OCO)C1. The largest absolute Gasteiger partial charge is 0.467 e. The lowest BCUT2D eigenvalue weighted by atomic mass is 9.96. The van der Waals surface area contributed by atoms with Crippen molar-refractivity contribution in [3.8, 4) is 5.75 Å². The predicted molar refractivity (Wildman–Crippen MR) is 72.8 cm³/mol. The summed E-state index contributed by atoms with van der Waals surface area (Å²) >= 11 is 0. The summed E-state index contributed by atoms with van der Waals surface area (Å²) in [6.45, 7) is 7.31. The second-order valence-electron chi connectivity index (χ2n) is 6.18. The minimum absolute atomic E-state index is 0.0171. The number of benzene rings is 1. The molecule has 0 aliphatic carbocycles. The number of likely N-dealkylation sites (tertiary alicyclic amines) is 1. The van der Waals surface area contributed by atoms with E-state index >= 15 is 0 Å². The molecule has 1 aliphatic rings. The summed E-state index contributed by atoms with van der Waals surface area (Å²) < 4.78 is 32.4. The molecule has 0 aromatic heterocycles. The molecule has 0 bridgehead atoms. The highest BCUT2D eigenvalue weighted by molar-refractivity contribution is 5.39. The van der Waals surface area contributed by atoms with E-state index in [2.05, 4.69) is 25.7 Å². The van der Waals surface area contributed by atoms with Crippen LogP contribution in [0.3, 0.4) is 0 Å². The van der Waals surface area contributed by atoms with Crippen LogP contribution in [0.4, 0.5) is 8.78 Å². The molecule has 1 aromatic rings. The van der Waals surface area contributed by atoms with Gasteiger partial charge in [-0.25, -0.2) is 8.78 Å². The molecule has 0 saturated carbocycles. The molecular weight excluding hydrogens is 264 g/mol. The molecule has 1 aromatic carbocycles. The van der Waals surface area contributed by atoms with E-state index in [0.717, 1.165) is 25.1 Å². The van der Waals surface area contributed by atoms with E-state index in [1.165, 1.54) is 0 Å². The van der Waals surface area contributed by atoms with E-state index in [1.54, 1.807) is 0 Å². The second kappa shape index (κ2) is 5.66. The van der Waals surface area contributed by atoms with Crippen molar-refractivity contribution in [2.45, 2.75) is 38.6 Å². The van der Waals surface area contributed by atoms with Crippen molar-refractivity contribution < 1.29 is 18.6 Å². The minimum atomic E-state index is -0.694. The fourth-order valence-electron chi connectivity index (χ4n) is 2.75. The molecule has 1 saturated heterocycles. The molecule has 0 amide bonds.